The van der Waals surface area contributed by atoms with Gasteiger partial charge in [-0.05, 0) is 36.1 Å². The van der Waals surface area contributed by atoms with Gasteiger partial charge >= 0.3 is 0 Å². The van der Waals surface area contributed by atoms with E-state index in [-0.39, 0.29) is 18.4 Å². The van der Waals surface area contributed by atoms with Crippen molar-refractivity contribution in [3.8, 4) is 0 Å². The minimum Gasteiger partial charge on any atom is -0.393 e. The van der Waals surface area contributed by atoms with E-state index >= 15 is 0 Å². The molecule has 1 amide bonds. The molecule has 2 N–H and O–H groups in total. The van der Waals surface area contributed by atoms with Crippen LogP contribution in [-0.4, -0.2) is 46.3 Å². The molecule has 2 aromatic rings. The van der Waals surface area contributed by atoms with Crippen LogP contribution in [0.5, 0.6) is 0 Å². The number of halogens is 1. The molecule has 1 saturated heterocycles. The van der Waals surface area contributed by atoms with Gasteiger partial charge in [0.1, 0.15) is 0 Å². The molecule has 1 heterocycles. The first-order valence-corrected chi connectivity index (χ1v) is 9.30. The largest absolute Gasteiger partial charge is 0.393 e. The van der Waals surface area contributed by atoms with Gasteiger partial charge < -0.3 is 15.1 Å². The van der Waals surface area contributed by atoms with Crippen LogP contribution >= 0.6 is 11.6 Å². The van der Waals surface area contributed by atoms with E-state index in [1.165, 1.54) is 0 Å². The summed E-state index contributed by atoms with van der Waals surface area (Å²) in [5, 5.41) is 20.1. The van der Waals surface area contributed by atoms with Crippen molar-refractivity contribution >= 4 is 17.5 Å². The summed E-state index contributed by atoms with van der Waals surface area (Å²) < 4.78 is 0. The van der Waals surface area contributed by atoms with Crippen molar-refractivity contribution in [3.05, 3.63) is 70.7 Å². The van der Waals surface area contributed by atoms with Crippen LogP contribution in [0.2, 0.25) is 5.02 Å². The third-order valence-electron chi connectivity index (χ3n) is 5.17. The highest BCUT2D eigenvalue weighted by molar-refractivity contribution is 6.30. The average Bonchev–Trinajstić information content (AvgIpc) is 2.67. The summed E-state index contributed by atoms with van der Waals surface area (Å²) in [6.07, 6.45) is 1.16. The van der Waals surface area contributed by atoms with Crippen molar-refractivity contribution in [1.82, 2.24) is 4.90 Å². The lowest BCUT2D eigenvalue weighted by Gasteiger charge is -2.37. The fraction of sp³-hybridized carbons (Fsp3) is 0.381. The SMILES string of the molecule is O=C(CC(c1ccccc1)c1cccc(Cl)c1)N1CCC(O)(CO)CC1. The Morgan fingerprint density at radius 1 is 1.08 bits per heavy atom. The van der Waals surface area contributed by atoms with E-state index in [0.717, 1.165) is 11.1 Å². The highest BCUT2D eigenvalue weighted by Crippen LogP contribution is 2.31. The molecule has 0 aliphatic carbocycles. The Bertz CT molecular complexity index is 742. The van der Waals surface area contributed by atoms with Gasteiger partial charge in [-0.3, -0.25) is 4.79 Å². The molecular weight excluding hydrogens is 350 g/mol. The normalized spacial score (nSPS) is 17.7. The van der Waals surface area contributed by atoms with Gasteiger partial charge in [0.15, 0.2) is 0 Å². The van der Waals surface area contributed by atoms with Crippen molar-refractivity contribution in [2.45, 2.75) is 30.8 Å². The number of amides is 1. The van der Waals surface area contributed by atoms with Gasteiger partial charge in [0, 0.05) is 30.5 Å². The molecule has 4 nitrogen and oxygen atoms in total. The summed E-state index contributed by atoms with van der Waals surface area (Å²) in [4.78, 5) is 14.7. The standard InChI is InChI=1S/C21H24ClNO3/c22-18-8-4-7-17(13-18)19(16-5-2-1-3-6-16)14-20(25)23-11-9-21(26,15-24)10-12-23/h1-8,13,19,24,26H,9-12,14-15H2. The van der Waals surface area contributed by atoms with Gasteiger partial charge in [-0.2, -0.15) is 0 Å². The lowest BCUT2D eigenvalue weighted by atomic mass is 9.87. The molecule has 0 aromatic heterocycles. The molecule has 0 radical (unpaired) electrons. The molecule has 3 rings (SSSR count). The minimum absolute atomic E-state index is 0.0545. The van der Waals surface area contributed by atoms with E-state index in [4.69, 9.17) is 11.6 Å². The molecule has 1 aliphatic rings. The first-order valence-electron chi connectivity index (χ1n) is 8.92. The Hall–Kier alpha value is -1.88. The molecule has 1 atom stereocenters. The van der Waals surface area contributed by atoms with Crippen molar-refractivity contribution in [2.75, 3.05) is 19.7 Å². The van der Waals surface area contributed by atoms with E-state index in [1.807, 2.05) is 54.6 Å². The number of piperidine rings is 1. The van der Waals surface area contributed by atoms with Gasteiger partial charge in [-0.25, -0.2) is 0 Å². The van der Waals surface area contributed by atoms with E-state index in [1.54, 1.807) is 4.90 Å². The van der Waals surface area contributed by atoms with Crippen LogP contribution in [0.25, 0.3) is 0 Å². The molecule has 0 bridgehead atoms. The van der Waals surface area contributed by atoms with Crippen molar-refractivity contribution in [1.29, 1.82) is 0 Å². The smallest absolute Gasteiger partial charge is 0.223 e. The molecule has 26 heavy (non-hydrogen) atoms. The zero-order valence-corrected chi connectivity index (χ0v) is 15.4. The quantitative estimate of drug-likeness (QED) is 0.846. The summed E-state index contributed by atoms with van der Waals surface area (Å²) in [6.45, 7) is 0.671. The summed E-state index contributed by atoms with van der Waals surface area (Å²) in [7, 11) is 0. The van der Waals surface area contributed by atoms with E-state index in [2.05, 4.69) is 0 Å². The van der Waals surface area contributed by atoms with Crippen LogP contribution in [0.3, 0.4) is 0 Å². The fourth-order valence-electron chi connectivity index (χ4n) is 3.47. The molecule has 1 fully saturated rings. The maximum absolute atomic E-state index is 12.9. The lowest BCUT2D eigenvalue weighted by molar-refractivity contribution is -0.137. The number of rotatable bonds is 5. The highest BCUT2D eigenvalue weighted by atomic mass is 35.5. The third-order valence-corrected chi connectivity index (χ3v) is 5.41. The predicted molar refractivity (Wildman–Crippen MR) is 102 cm³/mol. The zero-order valence-electron chi connectivity index (χ0n) is 14.6. The van der Waals surface area contributed by atoms with Crippen LogP contribution in [0.4, 0.5) is 0 Å². The first kappa shape index (κ1) is 18.9. The summed E-state index contributed by atoms with van der Waals surface area (Å²) in [6, 6.07) is 17.6. The molecule has 1 aliphatic heterocycles. The summed E-state index contributed by atoms with van der Waals surface area (Å²) in [5.41, 5.74) is 1.04. The monoisotopic (exact) mass is 373 g/mol. The molecular formula is C21H24ClNO3. The molecule has 2 aromatic carbocycles. The first-order chi connectivity index (χ1) is 12.5. The van der Waals surface area contributed by atoms with Crippen LogP contribution in [-0.2, 0) is 4.79 Å². The number of aliphatic hydroxyl groups is 2. The summed E-state index contributed by atoms with van der Waals surface area (Å²) >= 11 is 6.16. The Kier molecular flexibility index (Phi) is 5.97. The number of benzene rings is 2. The van der Waals surface area contributed by atoms with Gasteiger partial charge in [-0.1, -0.05) is 54.1 Å². The number of nitrogens with zero attached hydrogens (tertiary/aromatic N) is 1. The maximum Gasteiger partial charge on any atom is 0.223 e. The number of carbonyl (C=O) groups is 1. The van der Waals surface area contributed by atoms with Gasteiger partial charge in [0.25, 0.3) is 0 Å². The fourth-order valence-corrected chi connectivity index (χ4v) is 3.67. The van der Waals surface area contributed by atoms with Crippen molar-refractivity contribution < 1.29 is 15.0 Å². The molecule has 1 unspecified atom stereocenters. The lowest BCUT2D eigenvalue weighted by Crippen LogP contribution is -2.48. The van der Waals surface area contributed by atoms with Crippen LogP contribution in [0.1, 0.15) is 36.3 Å². The van der Waals surface area contributed by atoms with Crippen LogP contribution < -0.4 is 0 Å². The van der Waals surface area contributed by atoms with Gasteiger partial charge in [0.05, 0.1) is 12.2 Å². The van der Waals surface area contributed by atoms with Crippen LogP contribution in [0, 0.1) is 0 Å². The average molecular weight is 374 g/mol. The third kappa shape index (κ3) is 4.44. The molecule has 138 valence electrons. The van der Waals surface area contributed by atoms with E-state index < -0.39 is 5.60 Å². The van der Waals surface area contributed by atoms with E-state index in [9.17, 15) is 15.0 Å². The Morgan fingerprint density at radius 3 is 2.35 bits per heavy atom. The molecule has 0 spiro atoms. The Labute approximate surface area is 159 Å². The van der Waals surface area contributed by atoms with Gasteiger partial charge in [0.2, 0.25) is 5.91 Å². The Balaban J connectivity index is 1.77. The molecule has 0 saturated carbocycles. The molecule has 5 heteroatoms. The summed E-state index contributed by atoms with van der Waals surface area (Å²) in [5.74, 6) is -0.0140. The number of hydrogen-bond acceptors (Lipinski definition) is 3. The zero-order chi connectivity index (χ0) is 18.6. The topological polar surface area (TPSA) is 60.8 Å². The highest BCUT2D eigenvalue weighted by Gasteiger charge is 2.34. The Morgan fingerprint density at radius 2 is 1.73 bits per heavy atom. The van der Waals surface area contributed by atoms with Crippen molar-refractivity contribution in [2.24, 2.45) is 0 Å². The second-order valence-corrected chi connectivity index (χ2v) is 7.42. The minimum atomic E-state index is -1.05. The number of hydrogen-bond donors (Lipinski definition) is 2. The predicted octanol–water partition coefficient (Wildman–Crippen LogP) is 3.21. The van der Waals surface area contributed by atoms with Crippen molar-refractivity contribution in [3.63, 3.8) is 0 Å². The maximum atomic E-state index is 12.9. The second kappa shape index (κ2) is 8.21. The van der Waals surface area contributed by atoms with E-state index in [0.29, 0.717) is 37.4 Å². The number of carbonyl (C=O) groups excluding carboxylic acids is 1. The number of likely N-dealkylation sites (tertiary alicyclic amines) is 1. The van der Waals surface area contributed by atoms with Gasteiger partial charge in [-0.15, -0.1) is 0 Å². The second-order valence-electron chi connectivity index (χ2n) is 6.99. The number of aliphatic hydroxyl groups excluding tert-OH is 1. The van der Waals surface area contributed by atoms with Crippen LogP contribution in [0.15, 0.2) is 54.6 Å².